The fraction of sp³-hybridized carbons (Fsp3) is 0.455. The van der Waals surface area contributed by atoms with Crippen LogP contribution < -0.4 is 10.1 Å². The van der Waals surface area contributed by atoms with E-state index < -0.39 is 0 Å². The maximum absolute atomic E-state index is 5.20. The quantitative estimate of drug-likeness (QED) is 0.895. The number of methoxy groups -OCH3 is 2. The Morgan fingerprint density at radius 3 is 2.73 bits per heavy atom. The van der Waals surface area contributed by atoms with Gasteiger partial charge in [-0.05, 0) is 35.0 Å². The Balaban J connectivity index is 2.62. The first-order chi connectivity index (χ1) is 7.17. The number of anilines is 1. The highest BCUT2D eigenvalue weighted by atomic mass is 79.9. The molecule has 4 heteroatoms. The third-order valence-electron chi connectivity index (χ3n) is 2.15. The van der Waals surface area contributed by atoms with Gasteiger partial charge in [0.05, 0.1) is 17.7 Å². The first-order valence-corrected chi connectivity index (χ1v) is 5.57. The van der Waals surface area contributed by atoms with Crippen molar-refractivity contribution in [2.75, 3.05) is 26.1 Å². The average Bonchev–Trinajstić information content (AvgIpc) is 2.27. The summed E-state index contributed by atoms with van der Waals surface area (Å²) in [7, 11) is 3.36. The molecule has 1 unspecified atom stereocenters. The van der Waals surface area contributed by atoms with E-state index in [4.69, 9.17) is 9.47 Å². The lowest BCUT2D eigenvalue weighted by atomic mass is 10.3. The Hall–Kier alpha value is -0.740. The summed E-state index contributed by atoms with van der Waals surface area (Å²) in [6, 6.07) is 5.90. The Morgan fingerprint density at radius 2 is 2.13 bits per heavy atom. The molecule has 15 heavy (non-hydrogen) atoms. The minimum absolute atomic E-state index is 0.194. The van der Waals surface area contributed by atoms with Gasteiger partial charge in [-0.15, -0.1) is 0 Å². The normalized spacial score (nSPS) is 12.3. The second kappa shape index (κ2) is 5.98. The second-order valence-corrected chi connectivity index (χ2v) is 4.13. The van der Waals surface area contributed by atoms with Crippen LogP contribution in [0.1, 0.15) is 6.92 Å². The highest BCUT2D eigenvalue weighted by Gasteiger charge is 2.03. The van der Waals surface area contributed by atoms with Crippen LogP contribution in [0.3, 0.4) is 0 Å². The molecule has 0 radical (unpaired) electrons. The van der Waals surface area contributed by atoms with Gasteiger partial charge >= 0.3 is 0 Å². The van der Waals surface area contributed by atoms with Crippen LogP contribution in [0.2, 0.25) is 0 Å². The van der Waals surface area contributed by atoms with Gasteiger partial charge in [-0.25, -0.2) is 0 Å². The van der Waals surface area contributed by atoms with Gasteiger partial charge in [-0.1, -0.05) is 0 Å². The van der Waals surface area contributed by atoms with Crippen molar-refractivity contribution in [2.24, 2.45) is 0 Å². The molecule has 84 valence electrons. The molecular formula is C11H16BrNO2. The van der Waals surface area contributed by atoms with E-state index in [2.05, 4.69) is 21.2 Å². The molecule has 0 amide bonds. The zero-order valence-electron chi connectivity index (χ0n) is 9.21. The van der Waals surface area contributed by atoms with E-state index in [1.54, 1.807) is 14.2 Å². The number of nitrogens with one attached hydrogen (secondary N) is 1. The van der Waals surface area contributed by atoms with Crippen LogP contribution in [-0.4, -0.2) is 26.9 Å². The van der Waals surface area contributed by atoms with Gasteiger partial charge in [-0.2, -0.15) is 0 Å². The molecule has 1 N–H and O–H groups in total. The van der Waals surface area contributed by atoms with Crippen molar-refractivity contribution in [3.05, 3.63) is 22.7 Å². The van der Waals surface area contributed by atoms with E-state index in [1.165, 1.54) is 0 Å². The fourth-order valence-electron chi connectivity index (χ4n) is 1.11. The molecule has 0 aliphatic rings. The standard InChI is InChI=1S/C11H16BrNO2/c1-8(14-2)7-13-9-4-5-10(12)11(6-9)15-3/h4-6,8,13H,7H2,1-3H3. The molecule has 0 bridgehead atoms. The molecule has 3 nitrogen and oxygen atoms in total. The predicted molar refractivity (Wildman–Crippen MR) is 65.7 cm³/mol. The molecule has 1 rings (SSSR count). The van der Waals surface area contributed by atoms with E-state index in [9.17, 15) is 0 Å². The number of benzene rings is 1. The molecule has 0 aliphatic carbocycles. The molecule has 1 aromatic carbocycles. The lowest BCUT2D eigenvalue weighted by Crippen LogP contribution is -2.17. The molecule has 0 heterocycles. The average molecular weight is 274 g/mol. The molecule has 0 spiro atoms. The van der Waals surface area contributed by atoms with Gasteiger partial charge in [0.25, 0.3) is 0 Å². The number of hydrogen-bond donors (Lipinski definition) is 1. The second-order valence-electron chi connectivity index (χ2n) is 3.28. The van der Waals surface area contributed by atoms with Crippen molar-refractivity contribution in [1.82, 2.24) is 0 Å². The minimum Gasteiger partial charge on any atom is -0.495 e. The van der Waals surface area contributed by atoms with Crippen LogP contribution in [0.25, 0.3) is 0 Å². The first kappa shape index (κ1) is 12.3. The van der Waals surface area contributed by atoms with Gasteiger partial charge in [0.1, 0.15) is 5.75 Å². The van der Waals surface area contributed by atoms with E-state index in [-0.39, 0.29) is 6.10 Å². The lowest BCUT2D eigenvalue weighted by molar-refractivity contribution is 0.129. The zero-order chi connectivity index (χ0) is 11.3. The summed E-state index contributed by atoms with van der Waals surface area (Å²) in [4.78, 5) is 0. The molecule has 0 saturated heterocycles. The van der Waals surface area contributed by atoms with Crippen molar-refractivity contribution in [2.45, 2.75) is 13.0 Å². The Kier molecular flexibility index (Phi) is 4.91. The van der Waals surface area contributed by atoms with Crippen LogP contribution >= 0.6 is 15.9 Å². The highest BCUT2D eigenvalue weighted by molar-refractivity contribution is 9.10. The SMILES string of the molecule is COc1cc(NCC(C)OC)ccc1Br. The summed E-state index contributed by atoms with van der Waals surface area (Å²) in [6.45, 7) is 2.80. The maximum atomic E-state index is 5.20. The van der Waals surface area contributed by atoms with Crippen LogP contribution in [0.4, 0.5) is 5.69 Å². The summed E-state index contributed by atoms with van der Waals surface area (Å²) in [5.74, 6) is 0.824. The highest BCUT2D eigenvalue weighted by Crippen LogP contribution is 2.27. The topological polar surface area (TPSA) is 30.5 Å². The summed E-state index contributed by atoms with van der Waals surface area (Å²) < 4.78 is 11.3. The molecule has 0 aliphatic heterocycles. The van der Waals surface area contributed by atoms with Crippen molar-refractivity contribution in [3.63, 3.8) is 0 Å². The van der Waals surface area contributed by atoms with Gasteiger partial charge < -0.3 is 14.8 Å². The van der Waals surface area contributed by atoms with Gasteiger partial charge in [0.2, 0.25) is 0 Å². The van der Waals surface area contributed by atoms with Crippen molar-refractivity contribution in [3.8, 4) is 5.75 Å². The predicted octanol–water partition coefficient (Wildman–Crippen LogP) is 2.90. The lowest BCUT2D eigenvalue weighted by Gasteiger charge is -2.13. The minimum atomic E-state index is 0.194. The summed E-state index contributed by atoms with van der Waals surface area (Å²) in [6.07, 6.45) is 0.194. The first-order valence-electron chi connectivity index (χ1n) is 4.77. The van der Waals surface area contributed by atoms with Crippen LogP contribution in [0.15, 0.2) is 22.7 Å². The third-order valence-corrected chi connectivity index (χ3v) is 2.80. The van der Waals surface area contributed by atoms with E-state index in [0.29, 0.717) is 0 Å². The molecule has 1 aromatic rings. The van der Waals surface area contributed by atoms with Crippen molar-refractivity contribution < 1.29 is 9.47 Å². The van der Waals surface area contributed by atoms with E-state index in [1.807, 2.05) is 25.1 Å². The van der Waals surface area contributed by atoms with Crippen molar-refractivity contribution in [1.29, 1.82) is 0 Å². The Labute approximate surface area is 98.9 Å². The van der Waals surface area contributed by atoms with E-state index in [0.717, 1.165) is 22.5 Å². The van der Waals surface area contributed by atoms with Crippen LogP contribution in [0, 0.1) is 0 Å². The van der Waals surface area contributed by atoms with Crippen LogP contribution in [0.5, 0.6) is 5.75 Å². The number of halogens is 1. The van der Waals surface area contributed by atoms with E-state index >= 15 is 0 Å². The molecule has 0 saturated carbocycles. The smallest absolute Gasteiger partial charge is 0.135 e. The third kappa shape index (κ3) is 3.72. The van der Waals surface area contributed by atoms with Gasteiger partial charge in [0, 0.05) is 25.4 Å². The zero-order valence-corrected chi connectivity index (χ0v) is 10.8. The summed E-state index contributed by atoms with van der Waals surface area (Å²) >= 11 is 3.41. The van der Waals surface area contributed by atoms with Crippen molar-refractivity contribution >= 4 is 21.6 Å². The number of rotatable bonds is 5. The number of hydrogen-bond acceptors (Lipinski definition) is 3. The maximum Gasteiger partial charge on any atom is 0.135 e. The molecule has 1 atom stereocenters. The largest absolute Gasteiger partial charge is 0.495 e. The summed E-state index contributed by atoms with van der Waals surface area (Å²) in [5, 5.41) is 3.27. The number of ether oxygens (including phenoxy) is 2. The molecule has 0 aromatic heterocycles. The van der Waals surface area contributed by atoms with Crippen LogP contribution in [-0.2, 0) is 4.74 Å². The molecule has 0 fully saturated rings. The van der Waals surface area contributed by atoms with Gasteiger partial charge in [-0.3, -0.25) is 0 Å². The Bertz CT molecular complexity index is 317. The molecular weight excluding hydrogens is 258 g/mol. The fourth-order valence-corrected chi connectivity index (χ4v) is 1.52. The Morgan fingerprint density at radius 1 is 1.40 bits per heavy atom. The summed E-state index contributed by atoms with van der Waals surface area (Å²) in [5.41, 5.74) is 1.03. The monoisotopic (exact) mass is 273 g/mol. The van der Waals surface area contributed by atoms with Gasteiger partial charge in [0.15, 0.2) is 0 Å².